The van der Waals surface area contributed by atoms with Gasteiger partial charge in [0.25, 0.3) is 11.8 Å². The van der Waals surface area contributed by atoms with Gasteiger partial charge in [0, 0.05) is 31.5 Å². The van der Waals surface area contributed by atoms with Crippen molar-refractivity contribution in [3.8, 4) is 5.75 Å². The molecule has 2 rings (SSSR count). The van der Waals surface area contributed by atoms with Crippen LogP contribution in [0.3, 0.4) is 0 Å². The van der Waals surface area contributed by atoms with Crippen molar-refractivity contribution in [2.24, 2.45) is 11.7 Å². The molecule has 30 nitrogen and oxygen atoms in total. The Kier molecular flexibility index (Phi) is 38.8. The van der Waals surface area contributed by atoms with E-state index in [1.807, 2.05) is 0 Å². The fraction of sp³-hybridized carbons (Fsp3) is 0.651. The van der Waals surface area contributed by atoms with Crippen molar-refractivity contribution in [3.05, 3.63) is 54.3 Å². The summed E-state index contributed by atoms with van der Waals surface area (Å²) >= 11 is 0. The van der Waals surface area contributed by atoms with Gasteiger partial charge in [-0.25, -0.2) is 0 Å². The van der Waals surface area contributed by atoms with Crippen molar-refractivity contribution in [3.63, 3.8) is 0 Å². The fourth-order valence-electron chi connectivity index (χ4n) is 9.51. The highest BCUT2D eigenvalue weighted by atomic mass is 16.5. The van der Waals surface area contributed by atoms with Crippen LogP contribution in [-0.4, -0.2) is 196 Å². The van der Waals surface area contributed by atoms with E-state index < -0.39 is 195 Å². The molecule has 0 radical (unpaired) electrons. The number of hydrogen-bond donors (Lipinski definition) is 17. The number of benzene rings is 1. The van der Waals surface area contributed by atoms with Gasteiger partial charge < -0.3 is 94.5 Å². The van der Waals surface area contributed by atoms with E-state index in [4.69, 9.17) is 10.5 Å². The maximum absolute atomic E-state index is 14.2. The third-order valence-corrected chi connectivity index (χ3v) is 15.2. The number of phenolic OH excluding ortho intramolecular Hbond substituents is 1. The van der Waals surface area contributed by atoms with Crippen LogP contribution in [0.1, 0.15) is 162 Å². The minimum absolute atomic E-state index is 0.142. The van der Waals surface area contributed by atoms with Gasteiger partial charge in [-0.1, -0.05) is 116 Å². The minimum atomic E-state index is -1.87. The average Bonchev–Trinajstić information content (AvgIpc) is 1.62. The first kappa shape index (κ1) is 81.0. The van der Waals surface area contributed by atoms with Crippen LogP contribution >= 0.6 is 0 Å². The molecule has 1 saturated heterocycles. The number of carbonyl (C=O) groups is 12. The highest BCUT2D eigenvalue weighted by Crippen LogP contribution is 2.23. The minimum Gasteiger partial charge on any atom is -0.508 e. The van der Waals surface area contributed by atoms with Crippen LogP contribution in [0.15, 0.2) is 48.7 Å². The molecule has 522 valence electrons. The Morgan fingerprint density at radius 1 is 0.710 bits per heavy atom. The second-order valence-electron chi connectivity index (χ2n) is 23.5. The van der Waals surface area contributed by atoms with Crippen LogP contribution in [0.5, 0.6) is 5.75 Å². The molecule has 18 N–H and O–H groups in total. The SMILES string of the molecule is C=C1NC(=O)[C@@H](C(C)C)NC(=O)[C@H](NC(=O)CNC(=O)[C@H](CCO)NC(=O)[C@H](CO)NC(=O)[C@@H](NC(=O)[C@@H](NC(=O)C(O)[C@@H](N)CCCCCCCCC/C=C\CCCCCC)[C@@H](C)O)[C@@H](C)c2ccc(O)cc2)CCOC(=O)CCNC(=O)[C@@H](C)NC(=O)CNC1=O. The lowest BCUT2D eigenvalue weighted by Crippen LogP contribution is -2.62. The largest absolute Gasteiger partial charge is 0.508 e. The van der Waals surface area contributed by atoms with Gasteiger partial charge in [0.15, 0.2) is 0 Å². The van der Waals surface area contributed by atoms with E-state index in [0.717, 1.165) is 51.4 Å². The number of amides is 11. The van der Waals surface area contributed by atoms with Crippen molar-refractivity contribution in [2.75, 3.05) is 39.5 Å². The summed E-state index contributed by atoms with van der Waals surface area (Å²) in [5.74, 6) is -13.6. The Morgan fingerprint density at radius 3 is 1.90 bits per heavy atom. The van der Waals surface area contributed by atoms with E-state index in [0.29, 0.717) is 12.0 Å². The molecule has 1 aliphatic rings. The topological polar surface area (TPSA) is 474 Å². The van der Waals surface area contributed by atoms with Gasteiger partial charge in [-0.05, 0) is 76.0 Å². The van der Waals surface area contributed by atoms with Crippen molar-refractivity contribution in [1.29, 1.82) is 0 Å². The molecule has 93 heavy (non-hydrogen) atoms. The lowest BCUT2D eigenvalue weighted by Gasteiger charge is -2.30. The molecule has 1 unspecified atom stereocenters. The number of phenols is 1. The number of nitrogens with two attached hydrogens (primary N) is 1. The quantitative estimate of drug-likeness (QED) is 0.0157. The van der Waals surface area contributed by atoms with Crippen LogP contribution in [0.4, 0.5) is 0 Å². The van der Waals surface area contributed by atoms with E-state index in [1.54, 1.807) is 13.8 Å². The summed E-state index contributed by atoms with van der Waals surface area (Å²) in [7, 11) is 0. The second-order valence-corrected chi connectivity index (χ2v) is 23.5. The Morgan fingerprint density at radius 2 is 1.30 bits per heavy atom. The van der Waals surface area contributed by atoms with Crippen LogP contribution in [0.25, 0.3) is 0 Å². The Balaban J connectivity index is 2.19. The van der Waals surface area contributed by atoms with Crippen molar-refractivity contribution in [1.82, 2.24) is 58.5 Å². The zero-order valence-corrected chi connectivity index (χ0v) is 54.5. The van der Waals surface area contributed by atoms with E-state index in [9.17, 15) is 83.1 Å². The van der Waals surface area contributed by atoms with Crippen LogP contribution in [0.2, 0.25) is 0 Å². The molecule has 0 saturated carbocycles. The number of nitrogens with one attached hydrogen (secondary N) is 11. The molecule has 11 atom stereocenters. The average molecular weight is 1320 g/mol. The molecule has 11 amide bonds. The monoisotopic (exact) mass is 1310 g/mol. The van der Waals surface area contributed by atoms with Crippen LogP contribution in [-0.2, 0) is 62.3 Å². The number of aromatic hydroxyl groups is 1. The van der Waals surface area contributed by atoms with Crippen molar-refractivity contribution in [2.45, 2.75) is 217 Å². The predicted octanol–water partition coefficient (Wildman–Crippen LogP) is -1.64. The van der Waals surface area contributed by atoms with Crippen LogP contribution in [0, 0.1) is 5.92 Å². The molecule has 0 aliphatic carbocycles. The summed E-state index contributed by atoms with van der Waals surface area (Å²) in [4.78, 5) is 160. The Bertz CT molecular complexity index is 2640. The molecule has 1 heterocycles. The maximum atomic E-state index is 14.2. The summed E-state index contributed by atoms with van der Waals surface area (Å²) < 4.78 is 5.22. The number of allylic oxidation sites excluding steroid dienone is 2. The Hall–Kier alpha value is -8.06. The highest BCUT2D eigenvalue weighted by molar-refractivity contribution is 6.01. The zero-order valence-electron chi connectivity index (χ0n) is 54.5. The first-order chi connectivity index (χ1) is 44.1. The van der Waals surface area contributed by atoms with Gasteiger partial charge in [0.05, 0.1) is 44.5 Å². The van der Waals surface area contributed by atoms with Gasteiger partial charge in [-0.2, -0.15) is 0 Å². The second kappa shape index (κ2) is 44.5. The smallest absolute Gasteiger partial charge is 0.307 e. The maximum Gasteiger partial charge on any atom is 0.307 e. The number of esters is 1. The third kappa shape index (κ3) is 31.4. The summed E-state index contributed by atoms with van der Waals surface area (Å²) in [6.45, 7) is 8.72. The lowest BCUT2D eigenvalue weighted by atomic mass is 9.91. The molecule has 0 bridgehead atoms. The molecule has 30 heteroatoms. The standard InChI is InChI=1S/C63H102N12O18/c1-8-9-10-11-12-13-14-15-16-17-18-19-20-21-22-23-44(64)54(83)63(92)75-53(41(7)78)62(91)74-52(38(4)42-24-26-43(79)27-25-42)61(90)72-47(36-77)59(88)71-45(29-32-76)57(86)67-35-49(81)70-46-30-33-93-50(82)28-31-65-55(84)39(5)68-48(80)34-66-56(85)40(6)69-60(89)51(37(2)3)73-58(46)87/h13-14,24-27,37-39,41,44-47,51-54,76-79,83H,6,8-12,15-23,28-36,64H2,1-5,7H3,(H,65,84)(H,66,85)(H,67,86)(H,68,80)(H,69,89)(H,70,81)(H,71,88)(H,72,90)(H,73,87)(H,74,91)(H,75,92)/b14-13-/t38-,39+,41+,44-,45-,46+,47-,51+,52-,53-,54?/m0/s1. The van der Waals surface area contributed by atoms with E-state index in [-0.39, 0.29) is 25.1 Å². The van der Waals surface area contributed by atoms with Gasteiger partial charge in [0.1, 0.15) is 54.1 Å². The number of unbranched alkanes of at least 4 members (excludes halogenated alkanes) is 11. The molecule has 1 aliphatic heterocycles. The van der Waals surface area contributed by atoms with Crippen molar-refractivity contribution < 1.29 is 87.8 Å². The Labute approximate surface area is 543 Å². The number of hydrogen-bond acceptors (Lipinski definition) is 19. The summed E-state index contributed by atoms with van der Waals surface area (Å²) in [6, 6.07) is -6.55. The zero-order chi connectivity index (χ0) is 69.6. The fourth-order valence-corrected chi connectivity index (χ4v) is 9.51. The number of ether oxygens (including phenoxy) is 1. The van der Waals surface area contributed by atoms with Gasteiger partial charge >= 0.3 is 5.97 Å². The van der Waals surface area contributed by atoms with Crippen LogP contribution < -0.4 is 64.2 Å². The number of cyclic esters (lactones) is 1. The molecule has 0 aromatic heterocycles. The number of rotatable bonds is 35. The van der Waals surface area contributed by atoms with E-state index >= 15 is 0 Å². The first-order valence-corrected chi connectivity index (χ1v) is 32.0. The molecule has 1 aromatic carbocycles. The van der Waals surface area contributed by atoms with E-state index in [1.165, 1.54) is 70.7 Å². The number of aliphatic hydroxyl groups excluding tert-OH is 4. The van der Waals surface area contributed by atoms with Crippen molar-refractivity contribution >= 4 is 70.9 Å². The molecule has 0 spiro atoms. The van der Waals surface area contributed by atoms with Gasteiger partial charge in [-0.3, -0.25) is 57.5 Å². The summed E-state index contributed by atoms with van der Waals surface area (Å²) in [6.07, 6.45) is 14.1. The molecule has 1 fully saturated rings. The predicted molar refractivity (Wildman–Crippen MR) is 341 cm³/mol. The first-order valence-electron chi connectivity index (χ1n) is 32.0. The summed E-state index contributed by atoms with van der Waals surface area (Å²) in [5.41, 5.74) is 6.06. The third-order valence-electron chi connectivity index (χ3n) is 15.2. The van der Waals surface area contributed by atoms with Gasteiger partial charge in [-0.15, -0.1) is 0 Å². The molecular weight excluding hydrogens is 1210 g/mol. The number of carbonyl (C=O) groups excluding carboxylic acids is 12. The lowest BCUT2D eigenvalue weighted by molar-refractivity contribution is -0.144. The van der Waals surface area contributed by atoms with Gasteiger partial charge in [0.2, 0.25) is 53.2 Å². The van der Waals surface area contributed by atoms with E-state index in [2.05, 4.69) is 84.1 Å². The normalized spacial score (nSPS) is 19.2. The molecule has 1 aromatic rings. The number of aliphatic hydroxyl groups is 4. The summed E-state index contributed by atoms with van der Waals surface area (Å²) in [5, 5.41) is 77.8. The highest BCUT2D eigenvalue weighted by Gasteiger charge is 2.38. The molecular formula is C63H102N12O18.